The van der Waals surface area contributed by atoms with Crippen LogP contribution in [0.5, 0.6) is 11.5 Å². The van der Waals surface area contributed by atoms with Gasteiger partial charge < -0.3 is 9.84 Å². The molecule has 2 aliphatic heterocycles. The van der Waals surface area contributed by atoms with E-state index in [1.807, 2.05) is 62.4 Å². The molecule has 3 fully saturated rings. The zero-order chi connectivity index (χ0) is 35.8. The summed E-state index contributed by atoms with van der Waals surface area (Å²) < 4.78 is 5.85. The number of carbonyl (C=O) groups is 4. The van der Waals surface area contributed by atoms with Crippen LogP contribution in [0.25, 0.3) is 0 Å². The van der Waals surface area contributed by atoms with Crippen molar-refractivity contribution in [2.24, 2.45) is 23.7 Å². The molecule has 2 aliphatic carbocycles. The Labute approximate surface area is 300 Å². The summed E-state index contributed by atoms with van der Waals surface area (Å²) in [6, 6.07) is 26.6. The van der Waals surface area contributed by atoms with Crippen molar-refractivity contribution in [3.63, 3.8) is 0 Å². The highest BCUT2D eigenvalue weighted by Crippen LogP contribution is 2.66. The Bertz CT molecular complexity index is 2150. The van der Waals surface area contributed by atoms with Gasteiger partial charge in [0.2, 0.25) is 11.8 Å². The Morgan fingerprint density at radius 2 is 1.61 bits per heavy atom. The smallest absolute Gasteiger partial charge is 0.260 e. The molecule has 4 aromatic rings. The van der Waals surface area contributed by atoms with E-state index >= 15 is 4.79 Å². The molecular weight excluding hydrogens is 666 g/mol. The summed E-state index contributed by atoms with van der Waals surface area (Å²) in [6.45, 7) is 3.80. The number of aryl methyl sites for hydroxylation is 2. The average molecular weight is 702 g/mol. The summed E-state index contributed by atoms with van der Waals surface area (Å²) in [5.41, 5.74) is 6.02. The van der Waals surface area contributed by atoms with Gasteiger partial charge in [0, 0.05) is 16.5 Å². The minimum absolute atomic E-state index is 0.105. The molecule has 1 saturated carbocycles. The highest BCUT2D eigenvalue weighted by Gasteiger charge is 2.71. The molecule has 6 atom stereocenters. The number of phenolic OH excluding ortho intramolecular Hbond substituents is 1. The van der Waals surface area contributed by atoms with Gasteiger partial charge >= 0.3 is 0 Å². The van der Waals surface area contributed by atoms with Crippen LogP contribution in [0.15, 0.2) is 103 Å². The number of anilines is 2. The van der Waals surface area contributed by atoms with Gasteiger partial charge in [-0.2, -0.15) is 5.01 Å². The average Bonchev–Trinajstić information content (AvgIpc) is 3.51. The summed E-state index contributed by atoms with van der Waals surface area (Å²) in [7, 11) is 1.49. The van der Waals surface area contributed by atoms with Gasteiger partial charge in [0.15, 0.2) is 0 Å². The van der Waals surface area contributed by atoms with Gasteiger partial charge in [-0.3, -0.25) is 24.6 Å². The summed E-state index contributed by atoms with van der Waals surface area (Å²) in [6.07, 6.45) is 2.33. The highest BCUT2D eigenvalue weighted by atomic mass is 35.5. The van der Waals surface area contributed by atoms with Gasteiger partial charge in [-0.1, -0.05) is 83.4 Å². The van der Waals surface area contributed by atoms with E-state index in [0.29, 0.717) is 33.3 Å². The number of hydrogen-bond donors (Lipinski definition) is 2. The molecule has 8 rings (SSSR count). The number of carbonyl (C=O) groups excluding carboxylic acids is 4. The Morgan fingerprint density at radius 3 is 2.31 bits per heavy atom. The monoisotopic (exact) mass is 701 g/mol. The van der Waals surface area contributed by atoms with Crippen LogP contribution in [0.1, 0.15) is 41.0 Å². The maximum atomic E-state index is 15.3. The van der Waals surface area contributed by atoms with Crippen molar-refractivity contribution in [1.82, 2.24) is 5.01 Å². The topological polar surface area (TPSA) is 116 Å². The zero-order valence-corrected chi connectivity index (χ0v) is 29.1. The maximum Gasteiger partial charge on any atom is 0.260 e. The van der Waals surface area contributed by atoms with Gasteiger partial charge in [0.25, 0.3) is 11.8 Å². The number of phenols is 1. The van der Waals surface area contributed by atoms with Crippen LogP contribution in [0, 0.1) is 37.5 Å². The van der Waals surface area contributed by atoms with Crippen molar-refractivity contribution in [1.29, 1.82) is 0 Å². The number of benzene rings is 4. The fourth-order valence-corrected chi connectivity index (χ4v) is 9.21. The first-order valence-electron chi connectivity index (χ1n) is 17.0. The molecule has 0 radical (unpaired) electrons. The van der Waals surface area contributed by atoms with Crippen molar-refractivity contribution in [3.8, 4) is 11.5 Å². The molecule has 4 amide bonds. The molecule has 10 heteroatoms. The van der Waals surface area contributed by atoms with E-state index in [-0.39, 0.29) is 30.4 Å². The fraction of sp³-hybridized carbons (Fsp3) is 0.268. The van der Waals surface area contributed by atoms with E-state index in [4.69, 9.17) is 16.3 Å². The summed E-state index contributed by atoms with van der Waals surface area (Å²) >= 11 is 6.45. The first kappa shape index (κ1) is 32.8. The molecule has 2 N–H and O–H groups in total. The number of hydrogen-bond acceptors (Lipinski definition) is 7. The lowest BCUT2D eigenvalue weighted by molar-refractivity contribution is -0.138. The third-order valence-electron chi connectivity index (χ3n) is 11.4. The predicted molar refractivity (Wildman–Crippen MR) is 192 cm³/mol. The minimum atomic E-state index is -1.53. The van der Waals surface area contributed by atoms with Crippen molar-refractivity contribution >= 4 is 46.6 Å². The van der Waals surface area contributed by atoms with Crippen molar-refractivity contribution in [2.75, 3.05) is 17.4 Å². The Morgan fingerprint density at radius 1 is 0.863 bits per heavy atom. The van der Waals surface area contributed by atoms with Crippen molar-refractivity contribution in [3.05, 3.63) is 130 Å². The normalized spacial score (nSPS) is 26.8. The van der Waals surface area contributed by atoms with Gasteiger partial charge in [-0.05, 0) is 80.1 Å². The van der Waals surface area contributed by atoms with Crippen molar-refractivity contribution in [2.45, 2.75) is 38.0 Å². The SMILES string of the molecule is COc1cccc(O)c1[C@H]1C2=CC[C@@H]3C(=O)N(c4ccc(C)c(Cl)c4)C(=O)[C@@H]3[C@@H]2C[C@H]2C(=O)N(Nc3ccc(C)cc3)C(=O)[C@@]12c1ccccc1. The van der Waals surface area contributed by atoms with E-state index < -0.39 is 46.8 Å². The number of hydrazine groups is 1. The molecule has 0 spiro atoms. The third kappa shape index (κ3) is 4.74. The lowest BCUT2D eigenvalue weighted by Gasteiger charge is -2.50. The summed E-state index contributed by atoms with van der Waals surface area (Å²) in [4.78, 5) is 60.0. The van der Waals surface area contributed by atoms with Gasteiger partial charge in [-0.25, -0.2) is 4.90 Å². The standard InChI is InChI=1S/C41H36ClN3O6/c1-22-12-15-25(16-13-22)43-45-38(48)30-21-29-27(18-19-28-34(29)39(49)44(37(28)47)26-17-14-23(2)31(42)20-26)36(35-32(46)10-7-11-33(35)51-3)41(30,40(45)50)24-8-5-4-6-9-24/h4-18,20,28-30,34,36,43,46H,19,21H2,1-3H3/t28-,29+,30-,34-,36+,41+/m0/s1. The number of imide groups is 2. The molecule has 9 nitrogen and oxygen atoms in total. The van der Waals surface area contributed by atoms with Gasteiger partial charge in [-0.15, -0.1) is 0 Å². The number of halogens is 1. The number of allylic oxidation sites excluding steroid dienone is 2. The predicted octanol–water partition coefficient (Wildman–Crippen LogP) is 6.86. The largest absolute Gasteiger partial charge is 0.508 e. The molecule has 2 saturated heterocycles. The maximum absolute atomic E-state index is 15.3. The number of nitrogens with one attached hydrogen (secondary N) is 1. The Hall–Kier alpha value is -5.41. The first-order chi connectivity index (χ1) is 24.6. The number of methoxy groups -OCH3 is 1. The minimum Gasteiger partial charge on any atom is -0.508 e. The third-order valence-corrected chi connectivity index (χ3v) is 11.8. The van der Waals surface area contributed by atoms with Crippen LogP contribution in [0.3, 0.4) is 0 Å². The summed E-state index contributed by atoms with van der Waals surface area (Å²) in [5.74, 6) is -5.36. The first-order valence-corrected chi connectivity index (χ1v) is 17.4. The number of ether oxygens (including phenoxy) is 1. The lowest BCUT2D eigenvalue weighted by Crippen LogP contribution is -2.53. The van der Waals surface area contributed by atoms with E-state index in [1.165, 1.54) is 18.1 Å². The molecule has 258 valence electrons. The van der Waals surface area contributed by atoms with E-state index in [1.54, 1.807) is 42.5 Å². The van der Waals surface area contributed by atoms with E-state index in [9.17, 15) is 19.5 Å². The van der Waals surface area contributed by atoms with Crippen LogP contribution in [-0.2, 0) is 24.6 Å². The van der Waals surface area contributed by atoms with Crippen LogP contribution in [0.2, 0.25) is 5.02 Å². The van der Waals surface area contributed by atoms with Gasteiger partial charge in [0.1, 0.15) is 11.5 Å². The molecule has 0 bridgehead atoms. The Balaban J connectivity index is 1.34. The molecule has 0 aromatic heterocycles. The van der Waals surface area contributed by atoms with Crippen LogP contribution >= 0.6 is 11.6 Å². The zero-order valence-electron chi connectivity index (χ0n) is 28.3. The van der Waals surface area contributed by atoms with E-state index in [2.05, 4.69) is 5.43 Å². The quantitative estimate of drug-likeness (QED) is 0.167. The number of aromatic hydroxyl groups is 1. The molecule has 4 aromatic carbocycles. The Kier molecular flexibility index (Phi) is 7.79. The second-order valence-corrected chi connectivity index (χ2v) is 14.3. The highest BCUT2D eigenvalue weighted by molar-refractivity contribution is 6.32. The lowest BCUT2D eigenvalue weighted by atomic mass is 9.49. The van der Waals surface area contributed by atoms with Crippen molar-refractivity contribution < 1.29 is 29.0 Å². The molecule has 0 unspecified atom stereocenters. The molecule has 2 heterocycles. The molecule has 51 heavy (non-hydrogen) atoms. The number of nitrogens with zero attached hydrogens (tertiary/aromatic N) is 2. The van der Waals surface area contributed by atoms with Gasteiger partial charge in [0.05, 0.1) is 41.7 Å². The van der Waals surface area contributed by atoms with Crippen LogP contribution < -0.4 is 15.1 Å². The van der Waals surface area contributed by atoms with E-state index in [0.717, 1.165) is 21.7 Å². The molecule has 4 aliphatic rings. The number of fused-ring (bicyclic) bond motifs is 4. The number of rotatable bonds is 6. The van der Waals surface area contributed by atoms with Crippen LogP contribution in [-0.4, -0.2) is 40.9 Å². The molecular formula is C41H36ClN3O6. The second kappa shape index (κ2) is 12.1. The fourth-order valence-electron chi connectivity index (χ4n) is 9.04. The number of amides is 4. The van der Waals surface area contributed by atoms with Crippen LogP contribution in [0.4, 0.5) is 11.4 Å². The second-order valence-electron chi connectivity index (χ2n) is 13.9. The summed E-state index contributed by atoms with van der Waals surface area (Å²) in [5, 5.41) is 13.2.